The van der Waals surface area contributed by atoms with Gasteiger partial charge in [-0.1, -0.05) is 53.7 Å². The van der Waals surface area contributed by atoms with E-state index < -0.39 is 5.97 Å². The Balaban J connectivity index is 1.36. The van der Waals surface area contributed by atoms with Gasteiger partial charge in [-0.15, -0.1) is 0 Å². The van der Waals surface area contributed by atoms with E-state index in [1.165, 1.54) is 0 Å². The van der Waals surface area contributed by atoms with Crippen LogP contribution in [0.4, 0.5) is 0 Å². The molecule has 2 aliphatic rings. The van der Waals surface area contributed by atoms with Gasteiger partial charge in [0.05, 0.1) is 0 Å². The van der Waals surface area contributed by atoms with E-state index in [1.807, 2.05) is 84.9 Å². The van der Waals surface area contributed by atoms with Crippen LogP contribution in [0.3, 0.4) is 0 Å². The first-order valence-electron chi connectivity index (χ1n) is 10.8. The summed E-state index contributed by atoms with van der Waals surface area (Å²) in [5, 5.41) is 13.1. The normalized spacial score (nSPS) is 10.8. The van der Waals surface area contributed by atoms with Crippen molar-refractivity contribution in [2.24, 2.45) is 0 Å². The molecule has 0 spiro atoms. The smallest absolute Gasteiger partial charge is 0.341 e. The van der Waals surface area contributed by atoms with Crippen molar-refractivity contribution >= 4 is 5.97 Å². The van der Waals surface area contributed by atoms with Crippen LogP contribution in [0.2, 0.25) is 0 Å². The Labute approximate surface area is 196 Å². The van der Waals surface area contributed by atoms with Crippen molar-refractivity contribution in [2.75, 3.05) is 6.61 Å². The van der Waals surface area contributed by atoms with E-state index in [2.05, 4.69) is 5.16 Å². The first-order chi connectivity index (χ1) is 16.7. The van der Waals surface area contributed by atoms with E-state index in [4.69, 9.17) is 19.1 Å². The molecule has 0 fully saturated rings. The van der Waals surface area contributed by atoms with Gasteiger partial charge < -0.3 is 19.1 Å². The van der Waals surface area contributed by atoms with Gasteiger partial charge in [-0.2, -0.15) is 0 Å². The molecule has 0 saturated carbocycles. The van der Waals surface area contributed by atoms with E-state index in [1.54, 1.807) is 12.1 Å². The molecule has 1 heterocycles. The Bertz CT molecular complexity index is 1360. The first-order valence-corrected chi connectivity index (χ1v) is 10.8. The Morgan fingerprint density at radius 3 is 2.09 bits per heavy atom. The molecular weight excluding hydrogens is 430 g/mol. The second-order valence-electron chi connectivity index (χ2n) is 7.72. The van der Waals surface area contributed by atoms with Gasteiger partial charge in [-0.25, -0.2) is 4.79 Å². The SMILES string of the molecule is O=C(O)COc1ccc(-c2noc(-c3ccc(OCc4ccccc4)cc3)c3cccc2-3)cc1. The number of nitrogens with zero attached hydrogens (tertiary/aromatic N) is 1. The van der Waals surface area contributed by atoms with Crippen molar-refractivity contribution in [1.82, 2.24) is 5.16 Å². The molecule has 1 N–H and O–H groups in total. The van der Waals surface area contributed by atoms with Crippen LogP contribution in [-0.2, 0) is 11.4 Å². The van der Waals surface area contributed by atoms with E-state index in [0.29, 0.717) is 23.8 Å². The third-order valence-electron chi connectivity index (χ3n) is 5.40. The number of aromatic nitrogens is 1. The Kier molecular flexibility index (Phi) is 5.95. The quantitative estimate of drug-likeness (QED) is 0.304. The lowest BCUT2D eigenvalue weighted by Gasteiger charge is -2.12. The monoisotopic (exact) mass is 451 g/mol. The number of carbonyl (C=O) groups is 1. The van der Waals surface area contributed by atoms with Crippen LogP contribution in [0.5, 0.6) is 11.5 Å². The minimum Gasteiger partial charge on any atom is -0.489 e. The van der Waals surface area contributed by atoms with E-state index in [9.17, 15) is 4.79 Å². The summed E-state index contributed by atoms with van der Waals surface area (Å²) in [5.41, 5.74) is 5.48. The second kappa shape index (κ2) is 9.50. The molecule has 0 saturated heterocycles. The van der Waals surface area contributed by atoms with Crippen molar-refractivity contribution in [3.05, 3.63) is 103 Å². The highest BCUT2D eigenvalue weighted by atomic mass is 16.5. The molecule has 0 aromatic heterocycles. The standard InChI is InChI=1S/C28H21NO5/c30-26(31)18-33-23-13-9-20(10-14-23)27-24-7-4-8-25(24)28(34-29-27)21-11-15-22(16-12-21)32-17-19-5-2-1-3-6-19/h1-16H,17-18H2,(H,30,31). The van der Waals surface area contributed by atoms with Crippen molar-refractivity contribution in [3.63, 3.8) is 0 Å². The highest BCUT2D eigenvalue weighted by Gasteiger charge is 2.19. The Morgan fingerprint density at radius 2 is 1.38 bits per heavy atom. The van der Waals surface area contributed by atoms with Gasteiger partial charge in [0.15, 0.2) is 12.4 Å². The summed E-state index contributed by atoms with van der Waals surface area (Å²) in [6.45, 7) is 0.124. The average Bonchev–Trinajstić information content (AvgIpc) is 3.37. The molecule has 168 valence electrons. The highest BCUT2D eigenvalue weighted by molar-refractivity contribution is 5.89. The molecule has 0 radical (unpaired) electrons. The van der Waals surface area contributed by atoms with E-state index in [-0.39, 0.29) is 6.61 Å². The molecule has 3 aromatic carbocycles. The Hall–Kier alpha value is -4.58. The van der Waals surface area contributed by atoms with Crippen LogP contribution in [0, 0.1) is 0 Å². The Morgan fingerprint density at radius 1 is 0.735 bits per heavy atom. The van der Waals surface area contributed by atoms with E-state index >= 15 is 0 Å². The molecular formula is C28H21NO5. The number of carboxylic acids is 1. The largest absolute Gasteiger partial charge is 0.489 e. The molecule has 6 nitrogen and oxygen atoms in total. The van der Waals surface area contributed by atoms with Crippen molar-refractivity contribution in [2.45, 2.75) is 6.61 Å². The number of rotatable bonds is 8. The molecule has 0 unspecified atom stereocenters. The lowest BCUT2D eigenvalue weighted by molar-refractivity contribution is -0.139. The van der Waals surface area contributed by atoms with Gasteiger partial charge in [0, 0.05) is 22.3 Å². The first kappa shape index (κ1) is 21.3. The maximum absolute atomic E-state index is 10.7. The maximum Gasteiger partial charge on any atom is 0.341 e. The summed E-state index contributed by atoms with van der Waals surface area (Å²) in [7, 11) is 0. The second-order valence-corrected chi connectivity index (χ2v) is 7.72. The maximum atomic E-state index is 10.7. The number of carboxylic acid groups (broad SMARTS) is 1. The van der Waals surface area contributed by atoms with Crippen molar-refractivity contribution in [3.8, 4) is 45.2 Å². The van der Waals surface area contributed by atoms with Crippen molar-refractivity contribution < 1.29 is 23.9 Å². The minimum atomic E-state index is -1.02. The average molecular weight is 451 g/mol. The number of hydrogen-bond acceptors (Lipinski definition) is 5. The molecule has 5 rings (SSSR count). The van der Waals surface area contributed by atoms with Crippen LogP contribution in [0.25, 0.3) is 33.7 Å². The molecule has 0 amide bonds. The summed E-state index contributed by atoms with van der Waals surface area (Å²) in [6, 6.07) is 30.9. The van der Waals surface area contributed by atoms with Crippen molar-refractivity contribution in [1.29, 1.82) is 0 Å². The third kappa shape index (κ3) is 4.61. The highest BCUT2D eigenvalue weighted by Crippen LogP contribution is 2.40. The number of aliphatic carboxylic acids is 1. The predicted molar refractivity (Wildman–Crippen MR) is 128 cm³/mol. The van der Waals surface area contributed by atoms with Gasteiger partial charge in [0.25, 0.3) is 0 Å². The fourth-order valence-electron chi connectivity index (χ4n) is 3.73. The number of fused-ring (bicyclic) bond motifs is 1. The van der Waals surface area contributed by atoms with Gasteiger partial charge in [0.1, 0.15) is 23.8 Å². The molecule has 1 aliphatic heterocycles. The lowest BCUT2D eigenvalue weighted by atomic mass is 9.99. The fourth-order valence-corrected chi connectivity index (χ4v) is 3.73. The third-order valence-corrected chi connectivity index (χ3v) is 5.40. The van der Waals surface area contributed by atoms with Gasteiger partial charge >= 0.3 is 5.97 Å². The van der Waals surface area contributed by atoms with E-state index in [0.717, 1.165) is 33.6 Å². The summed E-state index contributed by atoms with van der Waals surface area (Å²) < 4.78 is 16.9. The number of ether oxygens (including phenoxy) is 2. The molecule has 34 heavy (non-hydrogen) atoms. The zero-order valence-corrected chi connectivity index (χ0v) is 18.2. The predicted octanol–water partition coefficient (Wildman–Crippen LogP) is 6.16. The zero-order valence-electron chi connectivity index (χ0n) is 18.2. The summed E-state index contributed by atoms with van der Waals surface area (Å²) >= 11 is 0. The lowest BCUT2D eigenvalue weighted by Crippen LogP contribution is -2.09. The number of benzene rings is 3. The van der Waals surface area contributed by atoms with Gasteiger partial charge in [-0.05, 0) is 54.1 Å². The topological polar surface area (TPSA) is 81.8 Å². The van der Waals surface area contributed by atoms with Crippen LogP contribution in [0.15, 0.2) is 102 Å². The van der Waals surface area contributed by atoms with Gasteiger partial charge in [-0.3, -0.25) is 0 Å². The summed E-state index contributed by atoms with van der Waals surface area (Å²) in [6.07, 6.45) is 0. The number of hydrogen-bond donors (Lipinski definition) is 1. The summed E-state index contributed by atoms with van der Waals surface area (Å²) in [5.74, 6) is 0.920. The molecule has 0 atom stereocenters. The minimum absolute atomic E-state index is 0.384. The molecule has 6 heteroatoms. The van der Waals surface area contributed by atoms with Crippen LogP contribution >= 0.6 is 0 Å². The molecule has 0 bridgehead atoms. The molecule has 3 aromatic rings. The van der Waals surface area contributed by atoms with Crippen LogP contribution in [0.1, 0.15) is 5.56 Å². The molecule has 1 aliphatic carbocycles. The van der Waals surface area contributed by atoms with Gasteiger partial charge in [0.2, 0.25) is 0 Å². The fraction of sp³-hybridized carbons (Fsp3) is 0.0714. The summed E-state index contributed by atoms with van der Waals surface area (Å²) in [4.78, 5) is 10.7. The zero-order chi connectivity index (χ0) is 23.3. The van der Waals surface area contributed by atoms with Crippen LogP contribution < -0.4 is 9.47 Å². The van der Waals surface area contributed by atoms with Crippen LogP contribution in [-0.4, -0.2) is 22.8 Å².